The quantitative estimate of drug-likeness (QED) is 0.371. The third kappa shape index (κ3) is 12.2. The lowest BCUT2D eigenvalue weighted by Crippen LogP contribution is -2.23. The van der Waals surface area contributed by atoms with Crippen molar-refractivity contribution in [3.63, 3.8) is 0 Å². The zero-order valence-electron chi connectivity index (χ0n) is 13.7. The number of carbonyl (C=O) groups is 1. The molecule has 0 amide bonds. The van der Waals surface area contributed by atoms with E-state index in [2.05, 4.69) is 13.5 Å². The van der Waals surface area contributed by atoms with Crippen LogP contribution < -0.4 is 0 Å². The first-order chi connectivity index (χ1) is 9.24. The van der Waals surface area contributed by atoms with Gasteiger partial charge in [0.2, 0.25) is 0 Å². The van der Waals surface area contributed by atoms with Crippen LogP contribution in [0.25, 0.3) is 0 Å². The highest BCUT2D eigenvalue weighted by Gasteiger charge is 2.15. The van der Waals surface area contributed by atoms with Crippen LogP contribution in [-0.4, -0.2) is 22.8 Å². The molecule has 0 rings (SSSR count). The van der Waals surface area contributed by atoms with Crippen molar-refractivity contribution in [2.24, 2.45) is 5.92 Å². The normalized spacial score (nSPS) is 14.7. The predicted octanol–water partition coefficient (Wildman–Crippen LogP) is 4.24. The van der Waals surface area contributed by atoms with Crippen LogP contribution in [0.15, 0.2) is 12.7 Å². The molecule has 0 aliphatic carbocycles. The van der Waals surface area contributed by atoms with Crippen molar-refractivity contribution in [3.05, 3.63) is 12.7 Å². The fourth-order valence-corrected chi connectivity index (χ4v) is 2.09. The molecule has 0 radical (unpaired) electrons. The van der Waals surface area contributed by atoms with Gasteiger partial charge in [-0.05, 0) is 52.4 Å². The van der Waals surface area contributed by atoms with Gasteiger partial charge in [0.05, 0.1) is 6.10 Å². The number of unbranched alkanes of at least 4 members (excludes halogenated alkanes) is 1. The second-order valence-corrected chi connectivity index (χ2v) is 6.69. The van der Waals surface area contributed by atoms with Crippen molar-refractivity contribution in [2.75, 3.05) is 0 Å². The SMILES string of the molecule is C=CC[C@@H](O)CC[C@H](C)CCCCC(=O)OC(C)(C)C. The van der Waals surface area contributed by atoms with E-state index in [0.717, 1.165) is 32.1 Å². The third-order valence-corrected chi connectivity index (χ3v) is 3.18. The molecule has 0 saturated heterocycles. The maximum Gasteiger partial charge on any atom is 0.306 e. The minimum Gasteiger partial charge on any atom is -0.460 e. The zero-order valence-corrected chi connectivity index (χ0v) is 13.7. The van der Waals surface area contributed by atoms with E-state index in [9.17, 15) is 9.90 Å². The van der Waals surface area contributed by atoms with Gasteiger partial charge in [0.25, 0.3) is 0 Å². The highest BCUT2D eigenvalue weighted by Crippen LogP contribution is 2.18. The summed E-state index contributed by atoms with van der Waals surface area (Å²) >= 11 is 0. The number of esters is 1. The Bertz CT molecular complexity index is 278. The molecule has 0 unspecified atom stereocenters. The summed E-state index contributed by atoms with van der Waals surface area (Å²) in [6, 6.07) is 0. The molecule has 0 fully saturated rings. The van der Waals surface area contributed by atoms with Crippen LogP contribution in [0.2, 0.25) is 0 Å². The summed E-state index contributed by atoms with van der Waals surface area (Å²) in [5.41, 5.74) is -0.383. The largest absolute Gasteiger partial charge is 0.460 e. The van der Waals surface area contributed by atoms with Gasteiger partial charge in [0, 0.05) is 6.42 Å². The number of hydrogen-bond donors (Lipinski definition) is 1. The zero-order chi connectivity index (χ0) is 15.6. The molecule has 0 aliphatic heterocycles. The monoisotopic (exact) mass is 284 g/mol. The Morgan fingerprint density at radius 2 is 1.90 bits per heavy atom. The van der Waals surface area contributed by atoms with Gasteiger partial charge < -0.3 is 9.84 Å². The third-order valence-electron chi connectivity index (χ3n) is 3.18. The Kier molecular flexibility index (Phi) is 9.56. The van der Waals surface area contributed by atoms with Gasteiger partial charge in [-0.15, -0.1) is 6.58 Å². The van der Waals surface area contributed by atoms with Crippen molar-refractivity contribution in [3.8, 4) is 0 Å². The molecule has 0 aromatic rings. The number of carbonyl (C=O) groups excluding carboxylic acids is 1. The number of hydrogen-bond acceptors (Lipinski definition) is 3. The van der Waals surface area contributed by atoms with Gasteiger partial charge >= 0.3 is 5.97 Å². The van der Waals surface area contributed by atoms with Crippen LogP contribution in [0, 0.1) is 5.92 Å². The lowest BCUT2D eigenvalue weighted by molar-refractivity contribution is -0.154. The molecule has 0 heterocycles. The second kappa shape index (κ2) is 9.98. The van der Waals surface area contributed by atoms with Gasteiger partial charge in [0.15, 0.2) is 0 Å². The van der Waals surface area contributed by atoms with Gasteiger partial charge in [-0.2, -0.15) is 0 Å². The van der Waals surface area contributed by atoms with E-state index in [0.29, 0.717) is 18.8 Å². The lowest BCUT2D eigenvalue weighted by Gasteiger charge is -2.19. The molecule has 3 nitrogen and oxygen atoms in total. The highest BCUT2D eigenvalue weighted by atomic mass is 16.6. The van der Waals surface area contributed by atoms with Crippen LogP contribution >= 0.6 is 0 Å². The Labute approximate surface area is 124 Å². The van der Waals surface area contributed by atoms with Gasteiger partial charge in [0.1, 0.15) is 5.60 Å². The Balaban J connectivity index is 3.59. The number of rotatable bonds is 10. The summed E-state index contributed by atoms with van der Waals surface area (Å²) in [7, 11) is 0. The van der Waals surface area contributed by atoms with E-state index < -0.39 is 0 Å². The van der Waals surface area contributed by atoms with E-state index in [-0.39, 0.29) is 17.7 Å². The fourth-order valence-electron chi connectivity index (χ4n) is 2.09. The van der Waals surface area contributed by atoms with Gasteiger partial charge in [-0.3, -0.25) is 4.79 Å². The molecule has 1 N–H and O–H groups in total. The first-order valence-electron chi connectivity index (χ1n) is 7.75. The summed E-state index contributed by atoms with van der Waals surface area (Å²) in [4.78, 5) is 11.5. The number of ether oxygens (including phenoxy) is 1. The van der Waals surface area contributed by atoms with Gasteiger partial charge in [-0.25, -0.2) is 0 Å². The average molecular weight is 284 g/mol. The van der Waals surface area contributed by atoms with Crippen molar-refractivity contribution in [2.45, 2.75) is 84.3 Å². The van der Waals surface area contributed by atoms with Crippen LogP contribution in [-0.2, 0) is 9.53 Å². The summed E-state index contributed by atoms with van der Waals surface area (Å²) in [6.45, 7) is 11.5. The first-order valence-corrected chi connectivity index (χ1v) is 7.75. The molecule has 20 heavy (non-hydrogen) atoms. The maximum absolute atomic E-state index is 11.5. The van der Waals surface area contributed by atoms with E-state index in [1.807, 2.05) is 20.8 Å². The number of aliphatic hydroxyl groups excluding tert-OH is 1. The van der Waals surface area contributed by atoms with Crippen molar-refractivity contribution < 1.29 is 14.6 Å². The first kappa shape index (κ1) is 19.2. The molecular formula is C17H32O3. The van der Waals surface area contributed by atoms with E-state index in [1.165, 1.54) is 0 Å². The minimum absolute atomic E-state index is 0.105. The Morgan fingerprint density at radius 1 is 1.25 bits per heavy atom. The molecule has 0 saturated carbocycles. The molecular weight excluding hydrogens is 252 g/mol. The van der Waals surface area contributed by atoms with Crippen LogP contribution in [0.5, 0.6) is 0 Å². The van der Waals surface area contributed by atoms with Crippen LogP contribution in [0.4, 0.5) is 0 Å². The minimum atomic E-state index is -0.383. The lowest BCUT2D eigenvalue weighted by atomic mass is 9.96. The van der Waals surface area contributed by atoms with Crippen molar-refractivity contribution >= 4 is 5.97 Å². The smallest absolute Gasteiger partial charge is 0.306 e. The average Bonchev–Trinajstić information content (AvgIpc) is 2.30. The van der Waals surface area contributed by atoms with Crippen LogP contribution in [0.1, 0.15) is 72.6 Å². The molecule has 0 spiro atoms. The molecule has 3 heteroatoms. The van der Waals surface area contributed by atoms with E-state index in [1.54, 1.807) is 6.08 Å². The second-order valence-electron chi connectivity index (χ2n) is 6.69. The summed E-state index contributed by atoms with van der Waals surface area (Å²) in [5, 5.41) is 9.62. The highest BCUT2D eigenvalue weighted by molar-refractivity contribution is 5.69. The van der Waals surface area contributed by atoms with E-state index in [4.69, 9.17) is 4.74 Å². The number of aliphatic hydroxyl groups is 1. The summed E-state index contributed by atoms with van der Waals surface area (Å²) in [6.07, 6.45) is 7.57. The molecule has 0 aromatic heterocycles. The fraction of sp³-hybridized carbons (Fsp3) is 0.824. The molecule has 118 valence electrons. The summed E-state index contributed by atoms with van der Waals surface area (Å²) in [5.74, 6) is 0.486. The molecule has 0 aromatic carbocycles. The molecule has 0 aliphatic rings. The van der Waals surface area contributed by atoms with E-state index >= 15 is 0 Å². The predicted molar refractivity (Wildman–Crippen MR) is 83.5 cm³/mol. The molecule has 2 atom stereocenters. The van der Waals surface area contributed by atoms with Crippen molar-refractivity contribution in [1.29, 1.82) is 0 Å². The maximum atomic E-state index is 11.5. The summed E-state index contributed by atoms with van der Waals surface area (Å²) < 4.78 is 5.27. The topological polar surface area (TPSA) is 46.5 Å². The van der Waals surface area contributed by atoms with Gasteiger partial charge in [-0.1, -0.05) is 25.8 Å². The van der Waals surface area contributed by atoms with Crippen molar-refractivity contribution in [1.82, 2.24) is 0 Å². The standard InChI is InChI=1S/C17H32O3/c1-6-9-15(18)13-12-14(2)10-7-8-11-16(19)20-17(3,4)5/h6,14-15,18H,1,7-13H2,2-5H3/t14-,15-/m1/s1. The Morgan fingerprint density at radius 3 is 2.45 bits per heavy atom. The molecule has 0 bridgehead atoms. The Hall–Kier alpha value is -0.830. The van der Waals surface area contributed by atoms with Crippen LogP contribution in [0.3, 0.4) is 0 Å².